The van der Waals surface area contributed by atoms with Gasteiger partial charge < -0.3 is 5.73 Å². The molecule has 2 rings (SSSR count). The fourth-order valence-corrected chi connectivity index (χ4v) is 1.67. The number of nitrogens with zero attached hydrogens (tertiary/aromatic N) is 1. The number of nitrogens with one attached hydrogen (secondary N) is 1. The number of H-pyrrole nitrogens is 1. The minimum atomic E-state index is 0.598. The maximum Gasteiger partial charge on any atom is 0.126 e. The van der Waals surface area contributed by atoms with E-state index in [9.17, 15) is 0 Å². The molecule has 0 amide bonds. The minimum absolute atomic E-state index is 0.598. The van der Waals surface area contributed by atoms with E-state index < -0.39 is 0 Å². The first kappa shape index (κ1) is 9.27. The second kappa shape index (κ2) is 3.46. The predicted molar refractivity (Wildman–Crippen MR) is 60.9 cm³/mol. The summed E-state index contributed by atoms with van der Waals surface area (Å²) >= 11 is 3.48. The molecule has 0 atom stereocenters. The number of aryl methyl sites for hydroxylation is 1. The summed E-state index contributed by atoms with van der Waals surface area (Å²) in [5, 5.41) is 6.60. The lowest BCUT2D eigenvalue weighted by molar-refractivity contribution is 1.10. The lowest BCUT2D eigenvalue weighted by atomic mass is 10.1. The molecule has 72 valence electrons. The second-order valence-electron chi connectivity index (χ2n) is 3.16. The Kier molecular flexibility index (Phi) is 2.29. The third kappa shape index (κ3) is 1.53. The Labute approximate surface area is 90.5 Å². The summed E-state index contributed by atoms with van der Waals surface area (Å²) in [4.78, 5) is 0. The minimum Gasteiger partial charge on any atom is -0.384 e. The van der Waals surface area contributed by atoms with Crippen LogP contribution in [0.2, 0.25) is 0 Å². The molecule has 1 aromatic heterocycles. The Morgan fingerprint density at radius 1 is 1.43 bits per heavy atom. The van der Waals surface area contributed by atoms with E-state index in [0.29, 0.717) is 5.82 Å². The molecule has 2 aromatic rings. The zero-order chi connectivity index (χ0) is 10.1. The summed E-state index contributed by atoms with van der Waals surface area (Å²) in [5.41, 5.74) is 8.93. The van der Waals surface area contributed by atoms with Crippen LogP contribution in [0.25, 0.3) is 11.1 Å². The van der Waals surface area contributed by atoms with Gasteiger partial charge in [0.1, 0.15) is 5.82 Å². The molecule has 0 bridgehead atoms. The summed E-state index contributed by atoms with van der Waals surface area (Å²) < 4.78 is 1.08. The van der Waals surface area contributed by atoms with Gasteiger partial charge in [-0.2, -0.15) is 5.10 Å². The van der Waals surface area contributed by atoms with Crippen molar-refractivity contribution in [2.75, 3.05) is 5.73 Å². The quantitative estimate of drug-likeness (QED) is 0.819. The van der Waals surface area contributed by atoms with Crippen molar-refractivity contribution in [3.63, 3.8) is 0 Å². The summed E-state index contributed by atoms with van der Waals surface area (Å²) in [5.74, 6) is 0.598. The molecule has 0 aliphatic heterocycles. The van der Waals surface area contributed by atoms with Crippen LogP contribution < -0.4 is 5.73 Å². The van der Waals surface area contributed by atoms with Gasteiger partial charge in [-0.3, -0.25) is 5.10 Å². The van der Waals surface area contributed by atoms with Crippen molar-refractivity contribution in [1.82, 2.24) is 10.2 Å². The Hall–Kier alpha value is -1.29. The van der Waals surface area contributed by atoms with Crippen molar-refractivity contribution in [2.45, 2.75) is 6.92 Å². The van der Waals surface area contributed by atoms with Crippen molar-refractivity contribution < 1.29 is 0 Å². The van der Waals surface area contributed by atoms with E-state index in [1.54, 1.807) is 6.20 Å². The highest BCUT2D eigenvalue weighted by Gasteiger charge is 2.05. The average molecular weight is 252 g/mol. The molecule has 1 heterocycles. The maximum absolute atomic E-state index is 5.73. The molecule has 0 saturated heterocycles. The summed E-state index contributed by atoms with van der Waals surface area (Å²) in [6, 6.07) is 6.11. The fourth-order valence-electron chi connectivity index (χ4n) is 1.29. The van der Waals surface area contributed by atoms with Crippen molar-refractivity contribution >= 4 is 21.7 Å². The number of aromatic nitrogens is 2. The third-order valence-corrected chi connectivity index (χ3v) is 3.01. The topological polar surface area (TPSA) is 54.7 Å². The smallest absolute Gasteiger partial charge is 0.126 e. The zero-order valence-corrected chi connectivity index (χ0v) is 9.30. The van der Waals surface area contributed by atoms with Crippen LogP contribution in [0.1, 0.15) is 5.56 Å². The lowest BCUT2D eigenvalue weighted by Crippen LogP contribution is -1.88. The monoisotopic (exact) mass is 251 g/mol. The van der Waals surface area contributed by atoms with Gasteiger partial charge in [-0.05, 0) is 24.1 Å². The van der Waals surface area contributed by atoms with Crippen LogP contribution in [0, 0.1) is 6.92 Å². The highest BCUT2D eigenvalue weighted by atomic mass is 79.9. The van der Waals surface area contributed by atoms with Gasteiger partial charge in [0.25, 0.3) is 0 Å². The summed E-state index contributed by atoms with van der Waals surface area (Å²) in [6.07, 6.45) is 1.73. The largest absolute Gasteiger partial charge is 0.384 e. The van der Waals surface area contributed by atoms with E-state index >= 15 is 0 Å². The van der Waals surface area contributed by atoms with E-state index in [1.165, 1.54) is 5.56 Å². The average Bonchev–Trinajstić information content (AvgIpc) is 2.57. The molecule has 0 fully saturated rings. The van der Waals surface area contributed by atoms with Crippen LogP contribution in [0.5, 0.6) is 0 Å². The fraction of sp³-hybridized carbons (Fsp3) is 0.100. The Bertz CT molecular complexity index is 462. The van der Waals surface area contributed by atoms with Gasteiger partial charge in [0.2, 0.25) is 0 Å². The van der Waals surface area contributed by atoms with Crippen molar-refractivity contribution in [2.24, 2.45) is 0 Å². The van der Waals surface area contributed by atoms with E-state index in [2.05, 4.69) is 26.1 Å². The van der Waals surface area contributed by atoms with Gasteiger partial charge in [-0.25, -0.2) is 0 Å². The van der Waals surface area contributed by atoms with Gasteiger partial charge in [-0.15, -0.1) is 0 Å². The molecule has 0 aliphatic carbocycles. The highest BCUT2D eigenvalue weighted by molar-refractivity contribution is 9.10. The number of nitrogens with two attached hydrogens (primary N) is 1. The van der Waals surface area contributed by atoms with Crippen LogP contribution >= 0.6 is 15.9 Å². The maximum atomic E-state index is 5.73. The first-order chi connectivity index (χ1) is 6.68. The number of halogens is 1. The first-order valence-electron chi connectivity index (χ1n) is 4.24. The van der Waals surface area contributed by atoms with Crippen molar-refractivity contribution in [3.05, 3.63) is 34.4 Å². The van der Waals surface area contributed by atoms with Crippen molar-refractivity contribution in [3.8, 4) is 11.1 Å². The van der Waals surface area contributed by atoms with Gasteiger partial charge in [0.05, 0.1) is 6.20 Å². The number of nitrogen functional groups attached to an aromatic ring is 1. The molecule has 0 unspecified atom stereocenters. The van der Waals surface area contributed by atoms with Gasteiger partial charge in [0.15, 0.2) is 0 Å². The van der Waals surface area contributed by atoms with Crippen LogP contribution in [0.4, 0.5) is 5.82 Å². The molecule has 3 nitrogen and oxygen atoms in total. The van der Waals surface area contributed by atoms with Crippen LogP contribution in [-0.2, 0) is 0 Å². The van der Waals surface area contributed by atoms with E-state index in [1.807, 2.05) is 25.1 Å². The summed E-state index contributed by atoms with van der Waals surface area (Å²) in [7, 11) is 0. The molecule has 4 heteroatoms. The molecule has 0 saturated carbocycles. The van der Waals surface area contributed by atoms with Crippen LogP contribution in [0.15, 0.2) is 28.9 Å². The number of hydrogen-bond donors (Lipinski definition) is 2. The van der Waals surface area contributed by atoms with Crippen molar-refractivity contribution in [1.29, 1.82) is 0 Å². The number of rotatable bonds is 1. The molecule has 3 N–H and O–H groups in total. The Morgan fingerprint density at radius 2 is 2.21 bits per heavy atom. The van der Waals surface area contributed by atoms with Crippen LogP contribution in [-0.4, -0.2) is 10.2 Å². The highest BCUT2D eigenvalue weighted by Crippen LogP contribution is 2.27. The normalized spacial score (nSPS) is 10.4. The standard InChI is InChI=1S/C10H10BrN3/c1-6-2-3-7(4-9(6)11)8-5-13-14-10(8)12/h2-5H,1H3,(H3,12,13,14). The number of hydrogen-bond acceptors (Lipinski definition) is 2. The first-order valence-corrected chi connectivity index (χ1v) is 5.03. The third-order valence-electron chi connectivity index (χ3n) is 2.15. The molecular weight excluding hydrogens is 242 g/mol. The molecule has 0 radical (unpaired) electrons. The van der Waals surface area contributed by atoms with Gasteiger partial charge in [-0.1, -0.05) is 28.1 Å². The molecule has 0 spiro atoms. The lowest BCUT2D eigenvalue weighted by Gasteiger charge is -2.02. The summed E-state index contributed by atoms with van der Waals surface area (Å²) in [6.45, 7) is 2.05. The molecule has 1 aromatic carbocycles. The predicted octanol–water partition coefficient (Wildman–Crippen LogP) is 2.73. The van der Waals surface area contributed by atoms with E-state index in [0.717, 1.165) is 15.6 Å². The Balaban J connectivity index is 2.53. The van der Waals surface area contributed by atoms with Gasteiger partial charge >= 0.3 is 0 Å². The second-order valence-corrected chi connectivity index (χ2v) is 4.02. The number of benzene rings is 1. The Morgan fingerprint density at radius 3 is 2.79 bits per heavy atom. The number of anilines is 1. The number of aromatic amines is 1. The van der Waals surface area contributed by atoms with Gasteiger partial charge in [0, 0.05) is 10.0 Å². The SMILES string of the molecule is Cc1ccc(-c2cn[nH]c2N)cc1Br. The van der Waals surface area contributed by atoms with Crippen LogP contribution in [0.3, 0.4) is 0 Å². The molecule has 0 aliphatic rings. The molecule has 14 heavy (non-hydrogen) atoms. The zero-order valence-electron chi connectivity index (χ0n) is 7.71. The molecular formula is C10H10BrN3. The van der Waals surface area contributed by atoms with E-state index in [-0.39, 0.29) is 0 Å². The van der Waals surface area contributed by atoms with E-state index in [4.69, 9.17) is 5.73 Å².